The molecule has 1 aromatic rings. The lowest BCUT2D eigenvalue weighted by molar-refractivity contribution is -0.145. The Morgan fingerprint density at radius 2 is 2.04 bits per heavy atom. The molecule has 0 radical (unpaired) electrons. The molecule has 2 rings (SSSR count). The molecule has 0 bridgehead atoms. The van der Waals surface area contributed by atoms with Crippen molar-refractivity contribution in [3.05, 3.63) is 34.1 Å². The average Bonchev–Trinajstić information content (AvgIpc) is 2.92. The molecule has 1 heterocycles. The van der Waals surface area contributed by atoms with E-state index in [2.05, 4.69) is 26.6 Å². The van der Waals surface area contributed by atoms with Crippen LogP contribution < -0.4 is 10.6 Å². The zero-order chi connectivity index (χ0) is 19.3. The van der Waals surface area contributed by atoms with Gasteiger partial charge in [0.15, 0.2) is 6.10 Å². The van der Waals surface area contributed by atoms with Gasteiger partial charge in [0.05, 0.1) is 25.0 Å². The van der Waals surface area contributed by atoms with E-state index in [1.54, 1.807) is 0 Å². The highest BCUT2D eigenvalue weighted by atomic mass is 79.9. The Bertz CT molecular complexity index is 748. The lowest BCUT2D eigenvalue weighted by Gasteiger charge is -2.09. The fourth-order valence-electron chi connectivity index (χ4n) is 2.04. The number of nitrogens with one attached hydrogen (secondary N) is 2. The van der Waals surface area contributed by atoms with Gasteiger partial charge in [-0.2, -0.15) is 0 Å². The molecule has 1 aliphatic rings. The SMILES string of the molecule is O=C(O)C[C@H]1OB(CNC(=O)CNC(=O)c2cc(F)ccc2Br)OC1=O. The van der Waals surface area contributed by atoms with Gasteiger partial charge in [0.1, 0.15) is 5.82 Å². The first-order valence-corrected chi connectivity index (χ1v) is 8.13. The molecular formula is C14H13BBrFN2O7. The third-order valence-electron chi connectivity index (χ3n) is 3.23. The first-order valence-electron chi connectivity index (χ1n) is 7.34. The van der Waals surface area contributed by atoms with Crippen molar-refractivity contribution in [3.63, 3.8) is 0 Å². The maximum absolute atomic E-state index is 13.2. The van der Waals surface area contributed by atoms with Crippen LogP contribution in [-0.4, -0.2) is 55.1 Å². The van der Waals surface area contributed by atoms with Gasteiger partial charge in [-0.1, -0.05) is 0 Å². The third kappa shape index (κ3) is 5.53. The summed E-state index contributed by atoms with van der Waals surface area (Å²) in [4.78, 5) is 45.6. The predicted molar refractivity (Wildman–Crippen MR) is 88.4 cm³/mol. The molecule has 138 valence electrons. The van der Waals surface area contributed by atoms with E-state index in [1.165, 1.54) is 12.1 Å². The fourth-order valence-corrected chi connectivity index (χ4v) is 2.47. The fraction of sp³-hybridized carbons (Fsp3) is 0.286. The van der Waals surface area contributed by atoms with Gasteiger partial charge in [0.25, 0.3) is 5.91 Å². The summed E-state index contributed by atoms with van der Waals surface area (Å²) >= 11 is 3.11. The summed E-state index contributed by atoms with van der Waals surface area (Å²) in [6.45, 7) is -0.402. The molecule has 0 aliphatic carbocycles. The molecule has 9 nitrogen and oxygen atoms in total. The second-order valence-electron chi connectivity index (χ2n) is 5.20. The maximum atomic E-state index is 13.2. The molecule has 0 saturated carbocycles. The van der Waals surface area contributed by atoms with Crippen molar-refractivity contribution < 1.29 is 38.0 Å². The normalized spacial score (nSPS) is 16.2. The number of carbonyl (C=O) groups excluding carboxylic acids is 3. The number of benzene rings is 1. The van der Waals surface area contributed by atoms with Crippen LogP contribution in [0.15, 0.2) is 22.7 Å². The zero-order valence-electron chi connectivity index (χ0n) is 13.2. The van der Waals surface area contributed by atoms with Crippen LogP contribution >= 0.6 is 15.9 Å². The summed E-state index contributed by atoms with van der Waals surface area (Å²) in [5.41, 5.74) is 0.0300. The van der Waals surface area contributed by atoms with Crippen LogP contribution in [0.2, 0.25) is 0 Å². The Hall–Kier alpha value is -2.47. The Kier molecular flexibility index (Phi) is 6.69. The Morgan fingerprint density at radius 1 is 1.31 bits per heavy atom. The molecular weight excluding hydrogens is 418 g/mol. The largest absolute Gasteiger partial charge is 0.548 e. The van der Waals surface area contributed by atoms with Crippen molar-refractivity contribution in [1.29, 1.82) is 0 Å². The maximum Gasteiger partial charge on any atom is 0.548 e. The molecule has 2 amide bonds. The van der Waals surface area contributed by atoms with Crippen LogP contribution in [0, 0.1) is 5.82 Å². The molecule has 12 heteroatoms. The van der Waals surface area contributed by atoms with Crippen molar-refractivity contribution in [1.82, 2.24) is 10.6 Å². The molecule has 1 aliphatic heterocycles. The van der Waals surface area contributed by atoms with Gasteiger partial charge in [0.2, 0.25) is 5.91 Å². The molecule has 0 spiro atoms. The van der Waals surface area contributed by atoms with Gasteiger partial charge >= 0.3 is 19.1 Å². The molecule has 3 N–H and O–H groups in total. The van der Waals surface area contributed by atoms with E-state index in [0.29, 0.717) is 4.47 Å². The number of aliphatic carboxylic acids is 1. The van der Waals surface area contributed by atoms with Crippen LogP contribution in [0.3, 0.4) is 0 Å². The van der Waals surface area contributed by atoms with Crippen molar-refractivity contribution in [2.24, 2.45) is 0 Å². The minimum absolute atomic E-state index is 0.0300. The monoisotopic (exact) mass is 430 g/mol. The minimum Gasteiger partial charge on any atom is -0.506 e. The standard InChI is InChI=1S/C14H13BBrFN2O7/c16-9-2-1-7(17)3-8(9)13(23)18-5-11(20)19-6-15-25-10(4-12(21)22)14(24)26-15/h1-3,10H,4-6H2,(H,18,23)(H,19,20)(H,21,22)/t10-/m1/s1. The van der Waals surface area contributed by atoms with E-state index >= 15 is 0 Å². The van der Waals surface area contributed by atoms with E-state index in [1.807, 2.05) is 0 Å². The first kappa shape index (κ1) is 19.9. The summed E-state index contributed by atoms with van der Waals surface area (Å²) in [5, 5.41) is 13.3. The van der Waals surface area contributed by atoms with E-state index < -0.39 is 55.8 Å². The second kappa shape index (κ2) is 8.76. The van der Waals surface area contributed by atoms with Crippen molar-refractivity contribution in [2.45, 2.75) is 12.5 Å². The first-order chi connectivity index (χ1) is 12.3. The zero-order valence-corrected chi connectivity index (χ0v) is 14.7. The number of hydrogen-bond donors (Lipinski definition) is 3. The van der Waals surface area contributed by atoms with Crippen LogP contribution in [0.25, 0.3) is 0 Å². The number of carboxylic acids is 1. The molecule has 0 aromatic heterocycles. The molecule has 0 unspecified atom stereocenters. The van der Waals surface area contributed by atoms with Gasteiger partial charge in [-0.3, -0.25) is 19.2 Å². The molecule has 26 heavy (non-hydrogen) atoms. The average molecular weight is 431 g/mol. The highest BCUT2D eigenvalue weighted by Gasteiger charge is 2.41. The highest BCUT2D eigenvalue weighted by molar-refractivity contribution is 9.10. The molecule has 1 aromatic carbocycles. The Morgan fingerprint density at radius 3 is 2.73 bits per heavy atom. The van der Waals surface area contributed by atoms with Gasteiger partial charge < -0.3 is 25.0 Å². The summed E-state index contributed by atoms with van der Waals surface area (Å²) in [6.07, 6.45) is -1.97. The van der Waals surface area contributed by atoms with E-state index in [0.717, 1.165) is 6.07 Å². The quantitative estimate of drug-likeness (QED) is 0.514. The topological polar surface area (TPSA) is 131 Å². The smallest absolute Gasteiger partial charge is 0.506 e. The number of rotatable bonds is 7. The van der Waals surface area contributed by atoms with Crippen LogP contribution in [0.1, 0.15) is 16.8 Å². The predicted octanol–water partition coefficient (Wildman–Crippen LogP) is -0.122. The van der Waals surface area contributed by atoms with E-state index in [9.17, 15) is 23.6 Å². The summed E-state index contributed by atoms with van der Waals surface area (Å²) in [7, 11) is -1.11. The lowest BCUT2D eigenvalue weighted by atomic mass is 9.91. The van der Waals surface area contributed by atoms with Crippen LogP contribution in [0.4, 0.5) is 4.39 Å². The van der Waals surface area contributed by atoms with Gasteiger partial charge in [-0.25, -0.2) is 4.39 Å². The number of amides is 2. The third-order valence-corrected chi connectivity index (χ3v) is 3.93. The van der Waals surface area contributed by atoms with Gasteiger partial charge in [-0.05, 0) is 34.1 Å². The van der Waals surface area contributed by atoms with Crippen LogP contribution in [0.5, 0.6) is 0 Å². The van der Waals surface area contributed by atoms with Crippen molar-refractivity contribution >= 4 is 46.8 Å². The number of halogens is 2. The van der Waals surface area contributed by atoms with Gasteiger partial charge in [0, 0.05) is 4.47 Å². The Labute approximate surface area is 155 Å². The number of carbonyl (C=O) groups is 4. The number of carboxylic acid groups (broad SMARTS) is 1. The van der Waals surface area contributed by atoms with Crippen LogP contribution in [-0.2, 0) is 23.7 Å². The summed E-state index contributed by atoms with van der Waals surface area (Å²) in [5.74, 6) is -3.90. The molecule has 1 fully saturated rings. The van der Waals surface area contributed by atoms with Gasteiger partial charge in [-0.15, -0.1) is 0 Å². The van der Waals surface area contributed by atoms with Crippen molar-refractivity contribution in [3.8, 4) is 0 Å². The molecule has 1 atom stereocenters. The minimum atomic E-state index is -1.22. The lowest BCUT2D eigenvalue weighted by Crippen LogP contribution is -2.42. The Balaban J connectivity index is 1.76. The number of hydrogen-bond acceptors (Lipinski definition) is 6. The van der Waals surface area contributed by atoms with E-state index in [4.69, 9.17) is 14.4 Å². The summed E-state index contributed by atoms with van der Waals surface area (Å²) < 4.78 is 23.4. The molecule has 1 saturated heterocycles. The van der Waals surface area contributed by atoms with E-state index in [-0.39, 0.29) is 12.0 Å². The highest BCUT2D eigenvalue weighted by Crippen LogP contribution is 2.17. The van der Waals surface area contributed by atoms with Crippen molar-refractivity contribution in [2.75, 3.05) is 13.0 Å². The summed E-state index contributed by atoms with van der Waals surface area (Å²) in [6, 6.07) is 3.56. The second-order valence-corrected chi connectivity index (χ2v) is 6.05.